The first-order chi connectivity index (χ1) is 8.33. The summed E-state index contributed by atoms with van der Waals surface area (Å²) in [6.45, 7) is 6.19. The number of amidine groups is 1. The van der Waals surface area contributed by atoms with Gasteiger partial charge in [-0.3, -0.25) is 4.99 Å². The third kappa shape index (κ3) is 3.86. The highest BCUT2D eigenvalue weighted by Crippen LogP contribution is 2.27. The van der Waals surface area contributed by atoms with Crippen molar-refractivity contribution in [3.8, 4) is 0 Å². The van der Waals surface area contributed by atoms with Crippen LogP contribution in [0.5, 0.6) is 0 Å². The van der Waals surface area contributed by atoms with E-state index in [-0.39, 0.29) is 0 Å². The number of alkyl halides is 1. The van der Waals surface area contributed by atoms with Crippen molar-refractivity contribution in [1.82, 2.24) is 4.90 Å². The van der Waals surface area contributed by atoms with Gasteiger partial charge in [0.05, 0.1) is 12.6 Å². The Bertz CT molecular complexity index is 275. The highest BCUT2D eigenvalue weighted by molar-refractivity contribution is 9.09. The fourth-order valence-corrected chi connectivity index (χ4v) is 3.77. The maximum absolute atomic E-state index is 5.86. The van der Waals surface area contributed by atoms with Crippen LogP contribution in [0.4, 0.5) is 0 Å². The van der Waals surface area contributed by atoms with Crippen molar-refractivity contribution in [2.45, 2.75) is 37.5 Å². The first-order valence-electron chi connectivity index (χ1n) is 6.47. The SMILES string of the molecule is CCCOC1CCCN(C2=NCC(CBr)S2)C1. The molecule has 0 aromatic carbocycles. The van der Waals surface area contributed by atoms with Crippen molar-refractivity contribution < 1.29 is 4.74 Å². The van der Waals surface area contributed by atoms with Crippen LogP contribution >= 0.6 is 27.7 Å². The summed E-state index contributed by atoms with van der Waals surface area (Å²) in [7, 11) is 0. The lowest BCUT2D eigenvalue weighted by atomic mass is 10.1. The number of halogens is 1. The largest absolute Gasteiger partial charge is 0.376 e. The van der Waals surface area contributed by atoms with Crippen molar-refractivity contribution in [2.75, 3.05) is 31.6 Å². The zero-order chi connectivity index (χ0) is 12.1. The van der Waals surface area contributed by atoms with Crippen LogP contribution in [0.2, 0.25) is 0 Å². The van der Waals surface area contributed by atoms with Crippen molar-refractivity contribution in [3.63, 3.8) is 0 Å². The van der Waals surface area contributed by atoms with Crippen LogP contribution in [-0.2, 0) is 4.74 Å². The quantitative estimate of drug-likeness (QED) is 0.745. The molecule has 1 fully saturated rings. The molecule has 0 N–H and O–H groups in total. The van der Waals surface area contributed by atoms with Crippen LogP contribution in [0.15, 0.2) is 4.99 Å². The Morgan fingerprint density at radius 1 is 1.59 bits per heavy atom. The zero-order valence-corrected chi connectivity index (χ0v) is 12.8. The van der Waals surface area contributed by atoms with Gasteiger partial charge in [0, 0.05) is 30.3 Å². The predicted octanol–water partition coefficient (Wildman–Crippen LogP) is 2.74. The molecule has 2 aliphatic heterocycles. The molecule has 0 spiro atoms. The van der Waals surface area contributed by atoms with E-state index in [1.807, 2.05) is 11.8 Å². The molecular weight excluding hydrogens is 300 g/mol. The van der Waals surface area contributed by atoms with Gasteiger partial charge in [-0.1, -0.05) is 34.6 Å². The van der Waals surface area contributed by atoms with Gasteiger partial charge in [0.2, 0.25) is 0 Å². The number of ether oxygens (including phenoxy) is 1. The second kappa shape index (κ2) is 7.00. The molecule has 2 rings (SSSR count). The van der Waals surface area contributed by atoms with Crippen LogP contribution < -0.4 is 0 Å². The van der Waals surface area contributed by atoms with Gasteiger partial charge in [0.1, 0.15) is 0 Å². The summed E-state index contributed by atoms with van der Waals surface area (Å²) in [6, 6.07) is 0. The van der Waals surface area contributed by atoms with E-state index in [0.29, 0.717) is 11.4 Å². The summed E-state index contributed by atoms with van der Waals surface area (Å²) in [5.41, 5.74) is 0. The lowest BCUT2D eigenvalue weighted by Crippen LogP contribution is -2.42. The van der Waals surface area contributed by atoms with Crippen molar-refractivity contribution in [2.24, 2.45) is 4.99 Å². The Morgan fingerprint density at radius 2 is 2.47 bits per heavy atom. The molecule has 0 bridgehead atoms. The molecule has 0 aromatic rings. The smallest absolute Gasteiger partial charge is 0.159 e. The molecule has 0 saturated carbocycles. The third-order valence-electron chi connectivity index (χ3n) is 3.08. The molecule has 0 amide bonds. The van der Waals surface area contributed by atoms with Crippen LogP contribution in [0.3, 0.4) is 0 Å². The Labute approximate surface area is 117 Å². The molecule has 98 valence electrons. The van der Waals surface area contributed by atoms with Crippen LogP contribution in [-0.4, -0.2) is 53.0 Å². The summed E-state index contributed by atoms with van der Waals surface area (Å²) in [5.74, 6) is 0. The standard InChI is InChI=1S/C12H21BrN2OS/c1-2-6-16-10-4-3-5-15(9-10)12-14-8-11(7-13)17-12/h10-11H,2-9H2,1H3. The Hall–Kier alpha value is 0.260. The minimum absolute atomic E-state index is 0.412. The zero-order valence-electron chi connectivity index (χ0n) is 10.4. The minimum atomic E-state index is 0.412. The fraction of sp³-hybridized carbons (Fsp3) is 0.917. The number of nitrogens with zero attached hydrogens (tertiary/aromatic N) is 2. The van der Waals surface area contributed by atoms with Gasteiger partial charge in [-0.25, -0.2) is 0 Å². The Kier molecular flexibility index (Phi) is 5.63. The summed E-state index contributed by atoms with van der Waals surface area (Å²) in [4.78, 5) is 7.06. The maximum Gasteiger partial charge on any atom is 0.159 e. The van der Waals surface area contributed by atoms with Crippen LogP contribution in [0.1, 0.15) is 26.2 Å². The number of piperidine rings is 1. The van der Waals surface area contributed by atoms with Crippen molar-refractivity contribution >= 4 is 32.9 Å². The van der Waals surface area contributed by atoms with E-state index in [0.717, 1.165) is 38.0 Å². The summed E-state index contributed by atoms with van der Waals surface area (Å²) < 4.78 is 5.86. The van der Waals surface area contributed by atoms with E-state index >= 15 is 0 Å². The van der Waals surface area contributed by atoms with Gasteiger partial charge in [-0.2, -0.15) is 0 Å². The monoisotopic (exact) mass is 320 g/mol. The molecule has 1 saturated heterocycles. The molecule has 2 atom stereocenters. The molecule has 5 heteroatoms. The van der Waals surface area contributed by atoms with Gasteiger partial charge < -0.3 is 9.64 Å². The predicted molar refractivity (Wildman–Crippen MR) is 78.3 cm³/mol. The number of aliphatic imine (C=N–C) groups is 1. The van der Waals surface area contributed by atoms with Gasteiger partial charge in [-0.05, 0) is 19.3 Å². The lowest BCUT2D eigenvalue weighted by molar-refractivity contribution is 0.0172. The van der Waals surface area contributed by atoms with Gasteiger partial charge >= 0.3 is 0 Å². The Balaban J connectivity index is 1.81. The first-order valence-corrected chi connectivity index (χ1v) is 8.47. The summed E-state index contributed by atoms with van der Waals surface area (Å²) >= 11 is 5.45. The molecule has 0 radical (unpaired) electrons. The van der Waals surface area contributed by atoms with Crippen LogP contribution in [0, 0.1) is 0 Å². The maximum atomic E-state index is 5.86. The molecule has 17 heavy (non-hydrogen) atoms. The average Bonchev–Trinajstić information content (AvgIpc) is 2.85. The molecule has 2 unspecified atom stereocenters. The van der Waals surface area contributed by atoms with E-state index < -0.39 is 0 Å². The second-order valence-corrected chi connectivity index (χ2v) is 6.51. The molecule has 3 nitrogen and oxygen atoms in total. The number of likely N-dealkylation sites (tertiary alicyclic amines) is 1. The van der Waals surface area contributed by atoms with Crippen molar-refractivity contribution in [1.29, 1.82) is 0 Å². The highest BCUT2D eigenvalue weighted by atomic mass is 79.9. The Morgan fingerprint density at radius 3 is 3.18 bits per heavy atom. The number of hydrogen-bond donors (Lipinski definition) is 0. The normalized spacial score (nSPS) is 29.5. The number of hydrogen-bond acceptors (Lipinski definition) is 4. The van der Waals surface area contributed by atoms with E-state index in [2.05, 4.69) is 32.7 Å². The molecule has 2 heterocycles. The van der Waals surface area contributed by atoms with Gasteiger partial charge in [-0.15, -0.1) is 0 Å². The molecular formula is C12H21BrN2OS. The molecule has 0 aliphatic carbocycles. The minimum Gasteiger partial charge on any atom is -0.376 e. The average molecular weight is 321 g/mol. The first kappa shape index (κ1) is 13.7. The number of thioether (sulfide) groups is 1. The van der Waals surface area contributed by atoms with E-state index in [9.17, 15) is 0 Å². The summed E-state index contributed by atoms with van der Waals surface area (Å²) in [6.07, 6.45) is 3.95. The number of rotatable bonds is 4. The second-order valence-electron chi connectivity index (χ2n) is 4.60. The fourth-order valence-electron chi connectivity index (χ4n) is 2.19. The van der Waals surface area contributed by atoms with E-state index in [1.165, 1.54) is 18.0 Å². The van der Waals surface area contributed by atoms with Gasteiger partial charge in [0.25, 0.3) is 0 Å². The summed E-state index contributed by atoms with van der Waals surface area (Å²) in [5, 5.41) is 2.90. The molecule has 0 aromatic heterocycles. The van der Waals surface area contributed by atoms with E-state index in [4.69, 9.17) is 4.74 Å². The van der Waals surface area contributed by atoms with E-state index in [1.54, 1.807) is 0 Å². The molecule has 2 aliphatic rings. The van der Waals surface area contributed by atoms with Crippen molar-refractivity contribution in [3.05, 3.63) is 0 Å². The highest BCUT2D eigenvalue weighted by Gasteiger charge is 2.27. The lowest BCUT2D eigenvalue weighted by Gasteiger charge is -2.33. The third-order valence-corrected chi connectivity index (χ3v) is 5.54. The topological polar surface area (TPSA) is 24.8 Å². The van der Waals surface area contributed by atoms with Gasteiger partial charge in [0.15, 0.2) is 5.17 Å². The van der Waals surface area contributed by atoms with Crippen LogP contribution in [0.25, 0.3) is 0 Å².